The molecule has 0 bridgehead atoms. The first-order valence-electron chi connectivity index (χ1n) is 9.03. The van der Waals surface area contributed by atoms with Gasteiger partial charge in [0.05, 0.1) is 17.7 Å². The van der Waals surface area contributed by atoms with Crippen LogP contribution in [0.1, 0.15) is 0 Å². The summed E-state index contributed by atoms with van der Waals surface area (Å²) in [6.07, 6.45) is 2.86. The van der Waals surface area contributed by atoms with Crippen molar-refractivity contribution in [1.29, 1.82) is 0 Å². The van der Waals surface area contributed by atoms with Crippen molar-refractivity contribution >= 4 is 33.0 Å². The van der Waals surface area contributed by atoms with Crippen LogP contribution < -0.4 is 21.1 Å². The predicted octanol–water partition coefficient (Wildman–Crippen LogP) is 3.26. The molecule has 0 saturated heterocycles. The van der Waals surface area contributed by atoms with Crippen molar-refractivity contribution in [1.82, 2.24) is 4.98 Å². The highest BCUT2D eigenvalue weighted by molar-refractivity contribution is 7.90. The molecule has 9 heteroatoms. The van der Waals surface area contributed by atoms with Gasteiger partial charge in [0.25, 0.3) is 0 Å². The zero-order valence-corrected chi connectivity index (χ0v) is 17.7. The van der Waals surface area contributed by atoms with E-state index in [2.05, 4.69) is 20.6 Å². The van der Waals surface area contributed by atoms with Crippen molar-refractivity contribution < 1.29 is 13.2 Å². The molecule has 156 valence electrons. The Kier molecular flexibility index (Phi) is 6.22. The van der Waals surface area contributed by atoms with E-state index in [0.29, 0.717) is 17.3 Å². The van der Waals surface area contributed by atoms with E-state index in [-0.39, 0.29) is 10.9 Å². The summed E-state index contributed by atoms with van der Waals surface area (Å²) in [5.41, 5.74) is 9.51. The highest BCUT2D eigenvalue weighted by Crippen LogP contribution is 2.28. The number of sulfone groups is 1. The van der Waals surface area contributed by atoms with E-state index in [0.717, 1.165) is 23.1 Å². The molecule has 2 aromatic carbocycles. The number of hydrogen-bond donors (Lipinski definition) is 3. The lowest BCUT2D eigenvalue weighted by Gasteiger charge is -2.11. The topological polar surface area (TPSA) is 119 Å². The van der Waals surface area contributed by atoms with Gasteiger partial charge in [0, 0.05) is 36.8 Å². The number of pyridine rings is 1. The van der Waals surface area contributed by atoms with Gasteiger partial charge in [-0.3, -0.25) is 0 Å². The highest BCUT2D eigenvalue weighted by atomic mass is 32.2. The molecule has 0 fully saturated rings. The number of rotatable bonds is 6. The Hall–Kier alpha value is -3.59. The van der Waals surface area contributed by atoms with Gasteiger partial charge in [-0.1, -0.05) is 12.1 Å². The molecule has 3 aromatic rings. The molecule has 30 heavy (non-hydrogen) atoms. The fourth-order valence-electron chi connectivity index (χ4n) is 2.75. The van der Waals surface area contributed by atoms with Crippen molar-refractivity contribution in [2.45, 2.75) is 4.90 Å². The van der Waals surface area contributed by atoms with Gasteiger partial charge in [0.1, 0.15) is 5.75 Å². The largest absolute Gasteiger partial charge is 0.495 e. The Morgan fingerprint density at radius 3 is 2.33 bits per heavy atom. The van der Waals surface area contributed by atoms with Crippen LogP contribution >= 0.6 is 0 Å². The average Bonchev–Trinajstić information content (AvgIpc) is 2.74. The third-order valence-corrected chi connectivity index (χ3v) is 5.46. The number of nitrogens with one attached hydrogen (secondary N) is 2. The van der Waals surface area contributed by atoms with E-state index in [1.54, 1.807) is 18.3 Å². The summed E-state index contributed by atoms with van der Waals surface area (Å²) in [4.78, 5) is 8.74. The number of aromatic nitrogens is 1. The standard InChI is InChI=1S/C21H23N5O3S/c1-23-16-7-4-14(5-8-16)15-6-11-20(24-13-15)26-21(22)25-18-10-9-17(30(3,27)28)12-19(18)29-2/h4-13,23H,1-3H3,(H3,22,24,25,26). The van der Waals surface area contributed by atoms with Gasteiger partial charge in [-0.05, 0) is 42.0 Å². The van der Waals surface area contributed by atoms with Gasteiger partial charge in [0.2, 0.25) is 0 Å². The monoisotopic (exact) mass is 425 g/mol. The Bertz CT molecular complexity index is 1160. The summed E-state index contributed by atoms with van der Waals surface area (Å²) in [5, 5.41) is 5.99. The number of benzene rings is 2. The van der Waals surface area contributed by atoms with E-state index >= 15 is 0 Å². The van der Waals surface area contributed by atoms with E-state index in [1.807, 2.05) is 37.4 Å². The van der Waals surface area contributed by atoms with Gasteiger partial charge >= 0.3 is 0 Å². The number of methoxy groups -OCH3 is 1. The van der Waals surface area contributed by atoms with Crippen molar-refractivity contribution in [2.75, 3.05) is 31.0 Å². The van der Waals surface area contributed by atoms with Crippen LogP contribution in [0.5, 0.6) is 5.75 Å². The molecule has 3 rings (SSSR count). The molecule has 4 N–H and O–H groups in total. The van der Waals surface area contributed by atoms with Crippen LogP contribution in [0.3, 0.4) is 0 Å². The van der Waals surface area contributed by atoms with Crippen LogP contribution in [0.2, 0.25) is 0 Å². The second kappa shape index (κ2) is 8.83. The van der Waals surface area contributed by atoms with Crippen LogP contribution in [0.4, 0.5) is 17.2 Å². The lowest BCUT2D eigenvalue weighted by atomic mass is 10.1. The quantitative estimate of drug-likeness (QED) is 0.410. The van der Waals surface area contributed by atoms with Crippen LogP contribution in [-0.4, -0.2) is 39.8 Å². The predicted molar refractivity (Wildman–Crippen MR) is 120 cm³/mol. The second-order valence-corrected chi connectivity index (χ2v) is 8.50. The Labute approximate surface area is 175 Å². The molecule has 0 radical (unpaired) electrons. The first kappa shape index (κ1) is 21.1. The summed E-state index contributed by atoms with van der Waals surface area (Å²) in [5.74, 6) is 0.866. The smallest absolute Gasteiger partial charge is 0.199 e. The van der Waals surface area contributed by atoms with Crippen LogP contribution in [-0.2, 0) is 9.84 Å². The van der Waals surface area contributed by atoms with Crippen LogP contribution in [0.25, 0.3) is 11.1 Å². The van der Waals surface area contributed by atoms with Crippen LogP contribution in [0, 0.1) is 0 Å². The normalized spacial score (nSPS) is 11.8. The second-order valence-electron chi connectivity index (χ2n) is 6.49. The molecule has 1 heterocycles. The summed E-state index contributed by atoms with van der Waals surface area (Å²) >= 11 is 0. The number of ether oxygens (including phenoxy) is 1. The molecule has 0 saturated carbocycles. The minimum absolute atomic E-state index is 0.0963. The molecule has 1 aromatic heterocycles. The van der Waals surface area contributed by atoms with Crippen molar-refractivity contribution in [3.63, 3.8) is 0 Å². The number of aliphatic imine (C=N–C) groups is 1. The highest BCUT2D eigenvalue weighted by Gasteiger charge is 2.12. The first-order chi connectivity index (χ1) is 14.3. The average molecular weight is 426 g/mol. The minimum atomic E-state index is -3.34. The third kappa shape index (κ3) is 5.06. The molecule has 0 aliphatic heterocycles. The molecule has 0 unspecified atom stereocenters. The zero-order chi connectivity index (χ0) is 21.7. The van der Waals surface area contributed by atoms with Gasteiger partial charge in [-0.15, -0.1) is 0 Å². The zero-order valence-electron chi connectivity index (χ0n) is 16.9. The van der Waals surface area contributed by atoms with Crippen molar-refractivity contribution in [2.24, 2.45) is 10.7 Å². The molecule has 8 nitrogen and oxygen atoms in total. The molecule has 0 amide bonds. The Morgan fingerprint density at radius 1 is 1.07 bits per heavy atom. The first-order valence-corrected chi connectivity index (χ1v) is 10.9. The number of anilines is 2. The van der Waals surface area contributed by atoms with Gasteiger partial charge < -0.3 is 21.1 Å². The molecular weight excluding hydrogens is 402 g/mol. The lowest BCUT2D eigenvalue weighted by molar-refractivity contribution is 0.415. The fraction of sp³-hybridized carbons (Fsp3) is 0.143. The maximum absolute atomic E-state index is 11.7. The number of nitrogens with zero attached hydrogens (tertiary/aromatic N) is 2. The van der Waals surface area contributed by atoms with E-state index in [9.17, 15) is 8.42 Å². The van der Waals surface area contributed by atoms with Gasteiger partial charge in [0.15, 0.2) is 21.6 Å². The summed E-state index contributed by atoms with van der Waals surface area (Å²) < 4.78 is 28.7. The van der Waals surface area contributed by atoms with Gasteiger partial charge in [-0.25, -0.2) is 13.4 Å². The summed E-state index contributed by atoms with van der Waals surface area (Å²) in [7, 11) is -0.0228. The Morgan fingerprint density at radius 2 is 1.77 bits per heavy atom. The SMILES string of the molecule is CNc1ccc(-c2ccc(N=C(N)Nc3ccc(S(C)(=O)=O)cc3OC)nc2)cc1. The molecule has 0 aliphatic carbocycles. The van der Waals surface area contributed by atoms with E-state index in [1.165, 1.54) is 19.2 Å². The van der Waals surface area contributed by atoms with E-state index in [4.69, 9.17) is 10.5 Å². The number of guanidine groups is 1. The Balaban J connectivity index is 1.77. The summed E-state index contributed by atoms with van der Waals surface area (Å²) in [6.45, 7) is 0. The van der Waals surface area contributed by atoms with E-state index < -0.39 is 9.84 Å². The fourth-order valence-corrected chi connectivity index (χ4v) is 3.38. The lowest BCUT2D eigenvalue weighted by Crippen LogP contribution is -2.22. The minimum Gasteiger partial charge on any atom is -0.495 e. The van der Waals surface area contributed by atoms with Crippen molar-refractivity contribution in [3.8, 4) is 16.9 Å². The summed E-state index contributed by atoms with van der Waals surface area (Å²) in [6, 6.07) is 16.1. The maximum Gasteiger partial charge on any atom is 0.199 e. The van der Waals surface area contributed by atoms with Gasteiger partial charge in [-0.2, -0.15) is 4.99 Å². The molecular formula is C21H23N5O3S. The maximum atomic E-state index is 11.7. The molecule has 0 atom stereocenters. The number of hydrogen-bond acceptors (Lipinski definition) is 6. The third-order valence-electron chi connectivity index (χ3n) is 4.35. The van der Waals surface area contributed by atoms with Crippen LogP contribution in [0.15, 0.2) is 70.7 Å². The number of nitrogens with two attached hydrogens (primary N) is 1. The van der Waals surface area contributed by atoms with Crippen molar-refractivity contribution in [3.05, 3.63) is 60.8 Å². The molecule has 0 aliphatic rings. The molecule has 0 spiro atoms.